The highest BCUT2D eigenvalue weighted by molar-refractivity contribution is 5.90. The molecule has 0 saturated heterocycles. The number of rotatable bonds is 3. The Morgan fingerprint density at radius 3 is 2.83 bits per heavy atom. The zero-order valence-corrected chi connectivity index (χ0v) is 13.1. The molecule has 1 amide bonds. The zero-order chi connectivity index (χ0) is 16.6. The molecule has 3 rings (SSSR count). The molecule has 0 aliphatic rings. The smallest absolute Gasteiger partial charge is 0.297 e. The molecule has 0 aliphatic heterocycles. The lowest BCUT2D eigenvalue weighted by Gasteiger charge is -2.08. The zero-order valence-electron chi connectivity index (χ0n) is 13.1. The quantitative estimate of drug-likeness (QED) is 0.798. The highest BCUT2D eigenvalue weighted by atomic mass is 16.5. The molecule has 7 nitrogen and oxygen atoms in total. The summed E-state index contributed by atoms with van der Waals surface area (Å²) in [4.78, 5) is 24.5. The molecule has 3 aromatic rings. The first-order valence-electron chi connectivity index (χ1n) is 7.16. The van der Waals surface area contributed by atoms with Crippen LogP contribution in [0.1, 0.15) is 17.0 Å². The highest BCUT2D eigenvalue weighted by Gasteiger charge is 2.16. The summed E-state index contributed by atoms with van der Waals surface area (Å²) in [6.45, 7) is 5.22. The number of aromatic nitrogens is 3. The predicted molar refractivity (Wildman–Crippen MR) is 85.3 cm³/mol. The second-order valence-electron chi connectivity index (χ2n) is 5.43. The number of hydrogen-bond donors (Lipinski definition) is 1. The van der Waals surface area contributed by atoms with Gasteiger partial charge in [0.1, 0.15) is 12.3 Å². The van der Waals surface area contributed by atoms with Crippen molar-refractivity contribution in [3.63, 3.8) is 0 Å². The topological polar surface area (TPSA) is 90.0 Å². The van der Waals surface area contributed by atoms with Crippen molar-refractivity contribution in [3.05, 3.63) is 51.6 Å². The number of fused-ring (bicyclic) bond motifs is 1. The molecule has 0 aliphatic carbocycles. The standard InChI is InChI=1S/C16H16N4O3/c1-9-5-4-6-12(7-9)17-13(21)8-20-16(22)15-14(10(2)18-20)11(3)23-19-15/h4-7H,8H2,1-3H3,(H,17,21). The van der Waals surface area contributed by atoms with Gasteiger partial charge >= 0.3 is 0 Å². The van der Waals surface area contributed by atoms with Gasteiger partial charge in [-0.05, 0) is 38.5 Å². The minimum absolute atomic E-state index is 0.185. The average molecular weight is 312 g/mol. The van der Waals surface area contributed by atoms with Crippen LogP contribution in [0.25, 0.3) is 10.9 Å². The third-order valence-electron chi connectivity index (χ3n) is 3.53. The monoisotopic (exact) mass is 312 g/mol. The fourth-order valence-electron chi connectivity index (χ4n) is 2.51. The van der Waals surface area contributed by atoms with Crippen molar-refractivity contribution in [2.75, 3.05) is 5.32 Å². The molecule has 23 heavy (non-hydrogen) atoms. The maximum absolute atomic E-state index is 12.3. The Balaban J connectivity index is 1.88. The van der Waals surface area contributed by atoms with Crippen molar-refractivity contribution in [1.29, 1.82) is 0 Å². The summed E-state index contributed by atoms with van der Waals surface area (Å²) in [5.41, 5.74) is 2.06. The molecule has 0 unspecified atom stereocenters. The van der Waals surface area contributed by atoms with Crippen LogP contribution >= 0.6 is 0 Å². The molecule has 0 atom stereocenters. The van der Waals surface area contributed by atoms with E-state index in [-0.39, 0.29) is 18.0 Å². The Kier molecular flexibility index (Phi) is 3.69. The second-order valence-corrected chi connectivity index (χ2v) is 5.43. The van der Waals surface area contributed by atoms with Gasteiger partial charge in [0, 0.05) is 5.69 Å². The van der Waals surface area contributed by atoms with E-state index < -0.39 is 5.56 Å². The van der Waals surface area contributed by atoms with Crippen LogP contribution < -0.4 is 10.9 Å². The first kappa shape index (κ1) is 15.0. The molecule has 7 heteroatoms. The highest BCUT2D eigenvalue weighted by Crippen LogP contribution is 2.16. The van der Waals surface area contributed by atoms with E-state index in [1.54, 1.807) is 19.9 Å². The van der Waals surface area contributed by atoms with E-state index in [9.17, 15) is 9.59 Å². The predicted octanol–water partition coefficient (Wildman–Crippen LogP) is 1.95. The number of anilines is 1. The summed E-state index contributed by atoms with van der Waals surface area (Å²) in [5, 5.41) is 11.3. The third kappa shape index (κ3) is 2.85. The number of carbonyl (C=O) groups excluding carboxylic acids is 1. The molecule has 2 heterocycles. The number of nitrogens with one attached hydrogen (secondary N) is 1. The van der Waals surface area contributed by atoms with Gasteiger partial charge in [0.2, 0.25) is 5.91 Å². The normalized spacial score (nSPS) is 10.9. The van der Waals surface area contributed by atoms with Gasteiger partial charge in [-0.2, -0.15) is 5.10 Å². The Labute approximate surface area is 131 Å². The van der Waals surface area contributed by atoms with Crippen molar-refractivity contribution in [2.45, 2.75) is 27.3 Å². The fourth-order valence-corrected chi connectivity index (χ4v) is 2.51. The maximum atomic E-state index is 12.3. The third-order valence-corrected chi connectivity index (χ3v) is 3.53. The molecule has 0 spiro atoms. The van der Waals surface area contributed by atoms with Crippen LogP contribution in [0.15, 0.2) is 33.6 Å². The molecular formula is C16H16N4O3. The summed E-state index contributed by atoms with van der Waals surface area (Å²) in [6, 6.07) is 7.43. The minimum atomic E-state index is -0.443. The van der Waals surface area contributed by atoms with Gasteiger partial charge in [0.05, 0.1) is 11.1 Å². The molecule has 0 bridgehead atoms. The lowest BCUT2D eigenvalue weighted by atomic mass is 10.2. The Bertz CT molecular complexity index is 956. The Morgan fingerprint density at radius 1 is 1.30 bits per heavy atom. The number of hydrogen-bond acceptors (Lipinski definition) is 5. The average Bonchev–Trinajstić information content (AvgIpc) is 2.87. The van der Waals surface area contributed by atoms with E-state index in [4.69, 9.17) is 4.52 Å². The van der Waals surface area contributed by atoms with Gasteiger partial charge in [0.15, 0.2) is 5.52 Å². The fraction of sp³-hybridized carbons (Fsp3) is 0.250. The second kappa shape index (κ2) is 5.68. The molecule has 1 N–H and O–H groups in total. The number of nitrogens with zero attached hydrogens (tertiary/aromatic N) is 3. The van der Waals surface area contributed by atoms with Crippen LogP contribution in [-0.2, 0) is 11.3 Å². The van der Waals surface area contributed by atoms with E-state index in [1.165, 1.54) is 0 Å². The Hall–Kier alpha value is -2.96. The van der Waals surface area contributed by atoms with Gasteiger partial charge < -0.3 is 9.84 Å². The van der Waals surface area contributed by atoms with Gasteiger partial charge in [0.25, 0.3) is 5.56 Å². The molecule has 0 radical (unpaired) electrons. The number of carbonyl (C=O) groups is 1. The first-order valence-corrected chi connectivity index (χ1v) is 7.16. The molecule has 118 valence electrons. The van der Waals surface area contributed by atoms with Crippen LogP contribution in [0.5, 0.6) is 0 Å². The van der Waals surface area contributed by atoms with Gasteiger partial charge in [-0.25, -0.2) is 4.68 Å². The maximum Gasteiger partial charge on any atom is 0.297 e. The van der Waals surface area contributed by atoms with Crippen LogP contribution in [0, 0.1) is 20.8 Å². The van der Waals surface area contributed by atoms with Crippen molar-refractivity contribution >= 4 is 22.5 Å². The van der Waals surface area contributed by atoms with E-state index in [1.807, 2.05) is 25.1 Å². The number of amides is 1. The molecule has 0 fully saturated rings. The van der Waals surface area contributed by atoms with Crippen molar-refractivity contribution in [3.8, 4) is 0 Å². The number of benzene rings is 1. The van der Waals surface area contributed by atoms with Crippen molar-refractivity contribution in [2.24, 2.45) is 0 Å². The summed E-state index contributed by atoms with van der Waals surface area (Å²) in [5.74, 6) is 0.211. The Morgan fingerprint density at radius 2 is 2.09 bits per heavy atom. The molecule has 1 aromatic carbocycles. The van der Waals surface area contributed by atoms with Crippen molar-refractivity contribution < 1.29 is 9.32 Å². The van der Waals surface area contributed by atoms with Crippen LogP contribution in [0.4, 0.5) is 5.69 Å². The van der Waals surface area contributed by atoms with E-state index in [0.717, 1.165) is 10.2 Å². The lowest BCUT2D eigenvalue weighted by molar-refractivity contribution is -0.117. The van der Waals surface area contributed by atoms with Crippen molar-refractivity contribution in [1.82, 2.24) is 14.9 Å². The van der Waals surface area contributed by atoms with E-state index in [0.29, 0.717) is 22.5 Å². The van der Waals surface area contributed by atoms with E-state index >= 15 is 0 Å². The number of aryl methyl sites for hydroxylation is 3. The minimum Gasteiger partial charge on any atom is -0.360 e. The van der Waals surface area contributed by atoms with Crippen LogP contribution in [-0.4, -0.2) is 20.8 Å². The van der Waals surface area contributed by atoms with Gasteiger partial charge in [-0.15, -0.1) is 0 Å². The molecular weight excluding hydrogens is 296 g/mol. The summed E-state index contributed by atoms with van der Waals surface area (Å²) in [6.07, 6.45) is 0. The van der Waals surface area contributed by atoms with Crippen LogP contribution in [0.3, 0.4) is 0 Å². The first-order chi connectivity index (χ1) is 11.0. The molecule has 0 saturated carbocycles. The van der Waals surface area contributed by atoms with Gasteiger partial charge in [-0.3, -0.25) is 9.59 Å². The molecule has 2 aromatic heterocycles. The summed E-state index contributed by atoms with van der Waals surface area (Å²) >= 11 is 0. The van der Waals surface area contributed by atoms with E-state index in [2.05, 4.69) is 15.6 Å². The largest absolute Gasteiger partial charge is 0.360 e. The lowest BCUT2D eigenvalue weighted by Crippen LogP contribution is -2.30. The van der Waals surface area contributed by atoms with Crippen LogP contribution in [0.2, 0.25) is 0 Å². The summed E-state index contributed by atoms with van der Waals surface area (Å²) in [7, 11) is 0. The summed E-state index contributed by atoms with van der Waals surface area (Å²) < 4.78 is 6.14. The SMILES string of the molecule is Cc1cccc(NC(=O)Cn2nc(C)c3c(C)onc3c2=O)c1. The van der Waals surface area contributed by atoms with Gasteiger partial charge in [-0.1, -0.05) is 17.3 Å².